The highest BCUT2D eigenvalue weighted by molar-refractivity contribution is 8.00. The Morgan fingerprint density at radius 1 is 0.774 bits per heavy atom. The molecule has 0 aliphatic heterocycles. The van der Waals surface area contributed by atoms with Crippen molar-refractivity contribution >= 4 is 17.9 Å². The first-order valence-electron chi connectivity index (χ1n) is 10.6. The molecule has 0 aliphatic carbocycles. The lowest BCUT2D eigenvalue weighted by atomic mass is 9.84. The highest BCUT2D eigenvalue weighted by Gasteiger charge is 2.36. The second-order valence-electron chi connectivity index (χ2n) is 8.47. The molecule has 3 aromatic rings. The van der Waals surface area contributed by atoms with Gasteiger partial charge < -0.3 is 9.64 Å². The van der Waals surface area contributed by atoms with Crippen molar-refractivity contribution in [3.8, 4) is 0 Å². The van der Waals surface area contributed by atoms with Crippen LogP contribution < -0.4 is 0 Å². The number of carbonyl (C=O) groups is 1. The van der Waals surface area contributed by atoms with E-state index in [-0.39, 0.29) is 11.6 Å². The van der Waals surface area contributed by atoms with Gasteiger partial charge in [0, 0.05) is 18.3 Å². The SMILES string of the molecule is CN(C(=O)OCCSC(c1ccccc1)(c1ccccc1)c1ccccc1)C(C)(C)C. The zero-order chi connectivity index (χ0) is 22.3. The van der Waals surface area contributed by atoms with Crippen LogP contribution in [0, 0.1) is 0 Å². The van der Waals surface area contributed by atoms with Gasteiger partial charge in [-0.2, -0.15) is 0 Å². The molecule has 0 aromatic heterocycles. The first kappa shape index (κ1) is 23.0. The Hall–Kier alpha value is -2.72. The third kappa shape index (κ3) is 5.31. The lowest BCUT2D eigenvalue weighted by Crippen LogP contribution is -2.43. The van der Waals surface area contributed by atoms with E-state index in [9.17, 15) is 4.79 Å². The summed E-state index contributed by atoms with van der Waals surface area (Å²) in [6.07, 6.45) is -0.294. The van der Waals surface area contributed by atoms with E-state index in [2.05, 4.69) is 72.8 Å². The van der Waals surface area contributed by atoms with Crippen LogP contribution in [0.5, 0.6) is 0 Å². The molecule has 0 fully saturated rings. The summed E-state index contributed by atoms with van der Waals surface area (Å²) in [7, 11) is 1.78. The summed E-state index contributed by atoms with van der Waals surface area (Å²) in [4.78, 5) is 14.1. The van der Waals surface area contributed by atoms with Crippen molar-refractivity contribution in [3.63, 3.8) is 0 Å². The number of rotatable bonds is 7. The summed E-state index contributed by atoms with van der Waals surface area (Å²) >= 11 is 1.79. The average Bonchev–Trinajstić information content (AvgIpc) is 2.80. The van der Waals surface area contributed by atoms with E-state index >= 15 is 0 Å². The van der Waals surface area contributed by atoms with Crippen LogP contribution in [0.2, 0.25) is 0 Å². The molecule has 0 heterocycles. The lowest BCUT2D eigenvalue weighted by Gasteiger charge is -2.35. The quantitative estimate of drug-likeness (QED) is 0.311. The molecule has 162 valence electrons. The molecule has 0 saturated carbocycles. The van der Waals surface area contributed by atoms with Crippen LogP contribution in [0.4, 0.5) is 4.79 Å². The third-order valence-corrected chi connectivity index (χ3v) is 6.96. The fourth-order valence-electron chi connectivity index (χ4n) is 3.46. The van der Waals surface area contributed by atoms with Crippen molar-refractivity contribution in [1.82, 2.24) is 4.90 Å². The van der Waals surface area contributed by atoms with Gasteiger partial charge in [-0.3, -0.25) is 0 Å². The van der Waals surface area contributed by atoms with E-state index in [1.165, 1.54) is 16.7 Å². The molecule has 0 saturated heterocycles. The number of nitrogens with zero attached hydrogens (tertiary/aromatic N) is 1. The van der Waals surface area contributed by atoms with Gasteiger partial charge in [0.15, 0.2) is 0 Å². The minimum absolute atomic E-state index is 0.272. The van der Waals surface area contributed by atoms with E-state index < -0.39 is 4.75 Å². The number of hydrogen-bond acceptors (Lipinski definition) is 3. The van der Waals surface area contributed by atoms with Gasteiger partial charge >= 0.3 is 6.09 Å². The molecule has 31 heavy (non-hydrogen) atoms. The number of benzene rings is 3. The third-order valence-electron chi connectivity index (χ3n) is 5.45. The molecule has 0 unspecified atom stereocenters. The largest absolute Gasteiger partial charge is 0.449 e. The molecule has 0 radical (unpaired) electrons. The van der Waals surface area contributed by atoms with Crippen molar-refractivity contribution in [2.24, 2.45) is 0 Å². The topological polar surface area (TPSA) is 29.5 Å². The summed E-state index contributed by atoms with van der Waals surface area (Å²) in [5.74, 6) is 0.669. The minimum Gasteiger partial charge on any atom is -0.449 e. The van der Waals surface area contributed by atoms with Gasteiger partial charge in [-0.15, -0.1) is 11.8 Å². The van der Waals surface area contributed by atoms with Crippen LogP contribution in [-0.2, 0) is 9.48 Å². The number of hydrogen-bond donors (Lipinski definition) is 0. The minimum atomic E-state index is -0.397. The van der Waals surface area contributed by atoms with Gasteiger partial charge in [-0.1, -0.05) is 91.0 Å². The number of amides is 1. The van der Waals surface area contributed by atoms with Crippen LogP contribution in [0.15, 0.2) is 91.0 Å². The van der Waals surface area contributed by atoms with E-state index in [0.717, 1.165) is 0 Å². The molecule has 3 aromatic carbocycles. The van der Waals surface area contributed by atoms with Crippen molar-refractivity contribution < 1.29 is 9.53 Å². The Labute approximate surface area is 190 Å². The van der Waals surface area contributed by atoms with E-state index in [0.29, 0.717) is 12.4 Å². The molecule has 0 atom stereocenters. The van der Waals surface area contributed by atoms with Gasteiger partial charge in [0.05, 0.1) is 4.75 Å². The number of ether oxygens (including phenoxy) is 1. The molecule has 3 nitrogen and oxygen atoms in total. The normalized spacial score (nSPS) is 11.7. The molecule has 1 amide bonds. The highest BCUT2D eigenvalue weighted by Crippen LogP contribution is 2.48. The van der Waals surface area contributed by atoms with E-state index in [4.69, 9.17) is 4.74 Å². The first-order chi connectivity index (χ1) is 14.9. The molecule has 0 aliphatic rings. The molecular formula is C27H31NO2S. The summed E-state index contributed by atoms with van der Waals surface area (Å²) in [5, 5.41) is 0. The van der Waals surface area contributed by atoms with Gasteiger partial charge in [-0.05, 0) is 37.5 Å². The maximum Gasteiger partial charge on any atom is 0.409 e. The van der Waals surface area contributed by atoms with Gasteiger partial charge in [-0.25, -0.2) is 4.79 Å². The van der Waals surface area contributed by atoms with Crippen LogP contribution >= 0.6 is 11.8 Å². The average molecular weight is 434 g/mol. The van der Waals surface area contributed by atoms with Crippen LogP contribution in [0.3, 0.4) is 0 Å². The summed E-state index contributed by atoms with van der Waals surface area (Å²) in [6.45, 7) is 6.33. The Kier molecular flexibility index (Phi) is 7.45. The maximum absolute atomic E-state index is 12.4. The smallest absolute Gasteiger partial charge is 0.409 e. The van der Waals surface area contributed by atoms with E-state index in [1.54, 1.807) is 23.7 Å². The van der Waals surface area contributed by atoms with Crippen molar-refractivity contribution in [3.05, 3.63) is 108 Å². The van der Waals surface area contributed by atoms with Gasteiger partial charge in [0.25, 0.3) is 0 Å². The standard InChI is InChI=1S/C27H31NO2S/c1-26(2,3)28(4)25(29)30-20-21-31-27(22-14-8-5-9-15-22,23-16-10-6-11-17-23)24-18-12-7-13-19-24/h5-19H,20-21H2,1-4H3. The molecule has 4 heteroatoms. The van der Waals surface area contributed by atoms with Crippen molar-refractivity contribution in [2.45, 2.75) is 31.1 Å². The second kappa shape index (κ2) is 10.1. The highest BCUT2D eigenvalue weighted by atomic mass is 32.2. The van der Waals surface area contributed by atoms with Crippen LogP contribution in [0.25, 0.3) is 0 Å². The zero-order valence-electron chi connectivity index (χ0n) is 18.7. The monoisotopic (exact) mass is 433 g/mol. The number of carbonyl (C=O) groups excluding carboxylic acids is 1. The Balaban J connectivity index is 1.91. The molecule has 0 bridgehead atoms. The fourth-order valence-corrected chi connectivity index (χ4v) is 4.84. The predicted octanol–water partition coefficient (Wildman–Crippen LogP) is 6.58. The zero-order valence-corrected chi connectivity index (χ0v) is 19.6. The maximum atomic E-state index is 12.4. The Morgan fingerprint density at radius 3 is 1.52 bits per heavy atom. The van der Waals surface area contributed by atoms with Gasteiger partial charge in [0.2, 0.25) is 0 Å². The Morgan fingerprint density at radius 2 is 1.16 bits per heavy atom. The summed E-state index contributed by atoms with van der Waals surface area (Å²) in [6, 6.07) is 31.6. The first-order valence-corrected chi connectivity index (χ1v) is 11.6. The Bertz CT molecular complexity index is 856. The summed E-state index contributed by atoms with van der Waals surface area (Å²) < 4.78 is 5.20. The van der Waals surface area contributed by atoms with Crippen LogP contribution in [0.1, 0.15) is 37.5 Å². The summed E-state index contributed by atoms with van der Waals surface area (Å²) in [5.41, 5.74) is 3.34. The fraction of sp³-hybridized carbons (Fsp3) is 0.296. The molecule has 0 N–H and O–H groups in total. The van der Waals surface area contributed by atoms with Gasteiger partial charge in [0.1, 0.15) is 6.61 Å². The molecular weight excluding hydrogens is 402 g/mol. The second-order valence-corrected chi connectivity index (χ2v) is 9.78. The number of thioether (sulfide) groups is 1. The van der Waals surface area contributed by atoms with E-state index in [1.807, 2.05) is 39.0 Å². The van der Waals surface area contributed by atoms with Crippen molar-refractivity contribution in [1.29, 1.82) is 0 Å². The predicted molar refractivity (Wildman–Crippen MR) is 131 cm³/mol. The van der Waals surface area contributed by atoms with Crippen molar-refractivity contribution in [2.75, 3.05) is 19.4 Å². The molecule has 3 rings (SSSR count). The van der Waals surface area contributed by atoms with Crippen LogP contribution in [-0.4, -0.2) is 35.9 Å². The lowest BCUT2D eigenvalue weighted by molar-refractivity contribution is 0.0860. The molecule has 0 spiro atoms.